The predicted octanol–water partition coefficient (Wildman–Crippen LogP) is 2.03. The number of anilines is 1. The van der Waals surface area contributed by atoms with Crippen molar-refractivity contribution in [2.45, 2.75) is 38.6 Å². The van der Waals surface area contributed by atoms with E-state index < -0.39 is 5.97 Å². The Morgan fingerprint density at radius 1 is 1.17 bits per heavy atom. The van der Waals surface area contributed by atoms with E-state index in [1.165, 1.54) is 6.20 Å². The van der Waals surface area contributed by atoms with Crippen LogP contribution in [0.3, 0.4) is 0 Å². The summed E-state index contributed by atoms with van der Waals surface area (Å²) >= 11 is 0. The van der Waals surface area contributed by atoms with E-state index in [0.717, 1.165) is 11.3 Å². The van der Waals surface area contributed by atoms with E-state index in [1.807, 2.05) is 24.3 Å². The highest BCUT2D eigenvalue weighted by Crippen LogP contribution is 2.28. The Labute approximate surface area is 168 Å². The zero-order chi connectivity index (χ0) is 20.5. The molecule has 2 amide bonds. The number of amides is 2. The van der Waals surface area contributed by atoms with Crippen molar-refractivity contribution in [2.24, 2.45) is 0 Å². The molecular formula is C21H24N4O4. The number of rotatable bonds is 4. The summed E-state index contributed by atoms with van der Waals surface area (Å²) in [5.74, 6) is -1.05. The zero-order valence-electron chi connectivity index (χ0n) is 16.4. The first-order valence-electron chi connectivity index (χ1n) is 9.89. The van der Waals surface area contributed by atoms with Gasteiger partial charge in [0.25, 0.3) is 0 Å². The lowest BCUT2D eigenvalue weighted by Crippen LogP contribution is -2.47. The van der Waals surface area contributed by atoms with Crippen LogP contribution in [-0.4, -0.2) is 57.2 Å². The molecule has 29 heavy (non-hydrogen) atoms. The number of aromatic nitrogens is 2. The van der Waals surface area contributed by atoms with Gasteiger partial charge in [-0.25, -0.2) is 4.79 Å². The number of hydrogen-bond donors (Lipinski definition) is 1. The summed E-state index contributed by atoms with van der Waals surface area (Å²) in [4.78, 5) is 39.9. The Hall–Kier alpha value is -3.16. The van der Waals surface area contributed by atoms with Crippen molar-refractivity contribution in [3.05, 3.63) is 47.3 Å². The summed E-state index contributed by atoms with van der Waals surface area (Å²) in [6, 6.07) is 7.81. The number of aromatic carboxylic acids is 1. The van der Waals surface area contributed by atoms with E-state index in [2.05, 4.69) is 5.10 Å². The topological polar surface area (TPSA) is 95.7 Å². The van der Waals surface area contributed by atoms with Crippen LogP contribution in [0.4, 0.5) is 5.69 Å². The van der Waals surface area contributed by atoms with Gasteiger partial charge in [-0.2, -0.15) is 5.10 Å². The van der Waals surface area contributed by atoms with Gasteiger partial charge in [0.1, 0.15) is 12.1 Å². The molecule has 0 atom stereocenters. The van der Waals surface area contributed by atoms with Crippen LogP contribution in [0.15, 0.2) is 30.5 Å². The van der Waals surface area contributed by atoms with Crippen LogP contribution in [0.1, 0.15) is 46.9 Å². The molecule has 1 aromatic carbocycles. The van der Waals surface area contributed by atoms with Crippen LogP contribution < -0.4 is 4.90 Å². The fourth-order valence-electron chi connectivity index (χ4n) is 4.27. The largest absolute Gasteiger partial charge is 0.478 e. The Morgan fingerprint density at radius 3 is 2.59 bits per heavy atom. The molecule has 1 saturated heterocycles. The van der Waals surface area contributed by atoms with Gasteiger partial charge in [0.15, 0.2) is 0 Å². The Morgan fingerprint density at radius 2 is 1.90 bits per heavy atom. The second-order valence-electron chi connectivity index (χ2n) is 7.61. The minimum atomic E-state index is -0.979. The number of piperidine rings is 1. The van der Waals surface area contributed by atoms with E-state index in [-0.39, 0.29) is 30.0 Å². The van der Waals surface area contributed by atoms with Crippen LogP contribution in [-0.2, 0) is 16.0 Å². The summed E-state index contributed by atoms with van der Waals surface area (Å²) in [6.07, 6.45) is 3.94. The molecule has 0 radical (unpaired) electrons. The number of carboxylic acid groups (broad SMARTS) is 1. The van der Waals surface area contributed by atoms with Crippen molar-refractivity contribution in [3.8, 4) is 0 Å². The number of likely N-dealkylation sites (tertiary alicyclic amines) is 1. The van der Waals surface area contributed by atoms with Gasteiger partial charge in [-0.05, 0) is 37.8 Å². The molecule has 1 N–H and O–H groups in total. The SMILES string of the molecule is Cc1c(C(=O)O)cnn1C1CCN(C(=O)CN2C(=O)CCc3ccccc32)CC1. The second-order valence-corrected chi connectivity index (χ2v) is 7.61. The van der Waals surface area contributed by atoms with Crippen molar-refractivity contribution in [2.75, 3.05) is 24.5 Å². The van der Waals surface area contributed by atoms with Gasteiger partial charge in [-0.15, -0.1) is 0 Å². The van der Waals surface area contributed by atoms with Gasteiger partial charge < -0.3 is 14.9 Å². The average molecular weight is 396 g/mol. The first-order chi connectivity index (χ1) is 14.0. The number of benzene rings is 1. The number of aryl methyl sites for hydroxylation is 1. The standard InChI is InChI=1S/C21H24N4O4/c1-14-17(21(28)29)12-22-25(14)16-8-10-23(11-9-16)20(27)13-24-18-5-3-2-4-15(18)6-7-19(24)26/h2-5,12,16H,6-11,13H2,1H3,(H,28,29). The molecule has 0 saturated carbocycles. The van der Waals surface area contributed by atoms with Gasteiger partial charge in [0.2, 0.25) is 11.8 Å². The molecule has 3 heterocycles. The number of hydrogen-bond acceptors (Lipinski definition) is 4. The number of para-hydroxylation sites is 1. The van der Waals surface area contributed by atoms with Crippen LogP contribution in [0.2, 0.25) is 0 Å². The van der Waals surface area contributed by atoms with E-state index in [4.69, 9.17) is 0 Å². The van der Waals surface area contributed by atoms with Gasteiger partial charge in [-0.3, -0.25) is 14.3 Å². The summed E-state index contributed by atoms with van der Waals surface area (Å²) in [6.45, 7) is 2.95. The number of carbonyl (C=O) groups excluding carboxylic acids is 2. The quantitative estimate of drug-likeness (QED) is 0.853. The molecule has 2 aromatic rings. The van der Waals surface area contributed by atoms with E-state index in [9.17, 15) is 19.5 Å². The lowest BCUT2D eigenvalue weighted by Gasteiger charge is -2.35. The number of fused-ring (bicyclic) bond motifs is 1. The molecule has 1 aromatic heterocycles. The van der Waals surface area contributed by atoms with Crippen molar-refractivity contribution >= 4 is 23.5 Å². The molecular weight excluding hydrogens is 372 g/mol. The highest BCUT2D eigenvalue weighted by atomic mass is 16.4. The maximum atomic E-state index is 12.9. The molecule has 4 rings (SSSR count). The Kier molecular flexibility index (Phi) is 5.08. The van der Waals surface area contributed by atoms with Gasteiger partial charge in [0.05, 0.1) is 17.9 Å². The maximum absolute atomic E-state index is 12.9. The van der Waals surface area contributed by atoms with Gasteiger partial charge in [-0.1, -0.05) is 18.2 Å². The lowest BCUT2D eigenvalue weighted by atomic mass is 10.0. The van der Waals surface area contributed by atoms with Crippen LogP contribution in [0.5, 0.6) is 0 Å². The third-order valence-electron chi connectivity index (χ3n) is 5.92. The molecule has 0 unspecified atom stereocenters. The fourth-order valence-corrected chi connectivity index (χ4v) is 4.27. The van der Waals surface area contributed by atoms with E-state index >= 15 is 0 Å². The third-order valence-corrected chi connectivity index (χ3v) is 5.92. The van der Waals surface area contributed by atoms with Crippen molar-refractivity contribution in [1.29, 1.82) is 0 Å². The molecule has 8 nitrogen and oxygen atoms in total. The smallest absolute Gasteiger partial charge is 0.339 e. The van der Waals surface area contributed by atoms with Gasteiger partial charge in [0, 0.05) is 25.2 Å². The first-order valence-corrected chi connectivity index (χ1v) is 9.89. The monoisotopic (exact) mass is 396 g/mol. The highest BCUT2D eigenvalue weighted by molar-refractivity contribution is 6.01. The molecule has 0 spiro atoms. The number of carboxylic acids is 1. The van der Waals surface area contributed by atoms with Crippen molar-refractivity contribution < 1.29 is 19.5 Å². The lowest BCUT2D eigenvalue weighted by molar-refractivity contribution is -0.132. The normalized spacial score (nSPS) is 17.3. The molecule has 2 aliphatic heterocycles. The predicted molar refractivity (Wildman–Crippen MR) is 106 cm³/mol. The molecule has 152 valence electrons. The molecule has 0 bridgehead atoms. The first kappa shape index (κ1) is 19.2. The number of nitrogens with zero attached hydrogens (tertiary/aromatic N) is 4. The van der Waals surface area contributed by atoms with Crippen LogP contribution >= 0.6 is 0 Å². The Balaban J connectivity index is 1.40. The summed E-state index contributed by atoms with van der Waals surface area (Å²) in [7, 11) is 0. The highest BCUT2D eigenvalue weighted by Gasteiger charge is 2.30. The average Bonchev–Trinajstić information content (AvgIpc) is 3.12. The summed E-state index contributed by atoms with van der Waals surface area (Å²) < 4.78 is 1.76. The second kappa shape index (κ2) is 7.69. The molecule has 0 aliphatic carbocycles. The number of carbonyl (C=O) groups is 3. The van der Waals surface area contributed by atoms with Crippen molar-refractivity contribution in [1.82, 2.24) is 14.7 Å². The summed E-state index contributed by atoms with van der Waals surface area (Å²) in [5, 5.41) is 13.4. The van der Waals surface area contributed by atoms with E-state index in [0.29, 0.717) is 44.5 Å². The van der Waals surface area contributed by atoms with Crippen LogP contribution in [0.25, 0.3) is 0 Å². The Bertz CT molecular complexity index is 959. The molecule has 1 fully saturated rings. The third kappa shape index (κ3) is 3.62. The van der Waals surface area contributed by atoms with Crippen LogP contribution in [0, 0.1) is 6.92 Å². The molecule has 8 heteroatoms. The van der Waals surface area contributed by atoms with Crippen molar-refractivity contribution in [3.63, 3.8) is 0 Å². The minimum Gasteiger partial charge on any atom is -0.478 e. The maximum Gasteiger partial charge on any atom is 0.339 e. The minimum absolute atomic E-state index is 0.0136. The summed E-state index contributed by atoms with van der Waals surface area (Å²) in [5.41, 5.74) is 2.78. The fraction of sp³-hybridized carbons (Fsp3) is 0.429. The zero-order valence-corrected chi connectivity index (χ0v) is 16.4. The van der Waals surface area contributed by atoms with Gasteiger partial charge >= 0.3 is 5.97 Å². The molecule has 2 aliphatic rings. The van der Waals surface area contributed by atoms with E-state index in [1.54, 1.807) is 21.4 Å².